The highest BCUT2D eigenvalue weighted by Gasteiger charge is 2.23. The van der Waals surface area contributed by atoms with Crippen LogP contribution in [-0.2, 0) is 9.59 Å². The Hall–Kier alpha value is -1.50. The Kier molecular flexibility index (Phi) is 3.32. The SMILES string of the molecule is C=C1CCC(N=C=O)CC1N=C=O. The molecule has 13 heavy (non-hydrogen) atoms. The number of rotatable bonds is 2. The van der Waals surface area contributed by atoms with E-state index in [9.17, 15) is 9.59 Å². The van der Waals surface area contributed by atoms with Crippen LogP contribution in [0, 0.1) is 0 Å². The van der Waals surface area contributed by atoms with Crippen molar-refractivity contribution < 1.29 is 9.59 Å². The maximum Gasteiger partial charge on any atom is 0.235 e. The van der Waals surface area contributed by atoms with Gasteiger partial charge < -0.3 is 0 Å². The molecule has 68 valence electrons. The summed E-state index contributed by atoms with van der Waals surface area (Å²) in [5.41, 5.74) is 0.917. The Balaban J connectivity index is 2.67. The second kappa shape index (κ2) is 4.51. The van der Waals surface area contributed by atoms with E-state index in [1.807, 2.05) is 0 Å². The molecule has 1 aliphatic rings. The maximum atomic E-state index is 10.0. The summed E-state index contributed by atoms with van der Waals surface area (Å²) in [5, 5.41) is 0. The highest BCUT2D eigenvalue weighted by Crippen LogP contribution is 2.26. The first-order valence-corrected chi connectivity index (χ1v) is 4.09. The van der Waals surface area contributed by atoms with Gasteiger partial charge in [0.1, 0.15) is 0 Å². The molecule has 2 atom stereocenters. The Bertz CT molecular complexity index is 299. The molecule has 1 fully saturated rings. The van der Waals surface area contributed by atoms with Gasteiger partial charge in [-0.15, -0.1) is 0 Å². The molecule has 0 saturated heterocycles. The van der Waals surface area contributed by atoms with Crippen molar-refractivity contribution in [3.05, 3.63) is 12.2 Å². The summed E-state index contributed by atoms with van der Waals surface area (Å²) >= 11 is 0. The molecule has 0 radical (unpaired) electrons. The van der Waals surface area contributed by atoms with E-state index in [0.29, 0.717) is 6.42 Å². The first-order valence-electron chi connectivity index (χ1n) is 4.09. The first kappa shape index (κ1) is 9.59. The van der Waals surface area contributed by atoms with Crippen molar-refractivity contribution in [2.75, 3.05) is 0 Å². The summed E-state index contributed by atoms with van der Waals surface area (Å²) in [5.74, 6) is 0. The smallest absolute Gasteiger partial charge is 0.211 e. The van der Waals surface area contributed by atoms with E-state index in [1.165, 1.54) is 12.2 Å². The van der Waals surface area contributed by atoms with Gasteiger partial charge in [0.15, 0.2) is 0 Å². The van der Waals surface area contributed by atoms with E-state index in [2.05, 4.69) is 16.6 Å². The number of aliphatic imine (C=N–C) groups is 2. The van der Waals surface area contributed by atoms with E-state index < -0.39 is 0 Å². The fourth-order valence-corrected chi connectivity index (χ4v) is 1.46. The molecule has 0 aromatic carbocycles. The molecule has 4 heteroatoms. The van der Waals surface area contributed by atoms with Crippen LogP contribution in [0.15, 0.2) is 22.1 Å². The number of nitrogens with zero attached hydrogens (tertiary/aromatic N) is 2. The Labute approximate surface area is 76.1 Å². The molecular weight excluding hydrogens is 168 g/mol. The van der Waals surface area contributed by atoms with Gasteiger partial charge in [0.2, 0.25) is 12.2 Å². The average Bonchev–Trinajstić information content (AvgIpc) is 2.12. The predicted octanol–water partition coefficient (Wildman–Crippen LogP) is 1.14. The minimum Gasteiger partial charge on any atom is -0.211 e. The number of hydrogen-bond acceptors (Lipinski definition) is 4. The number of isocyanates is 2. The normalized spacial score (nSPS) is 27.2. The quantitative estimate of drug-likeness (QED) is 0.361. The number of carbonyl (C=O) groups excluding carboxylic acids is 2. The molecule has 0 aromatic heterocycles. The van der Waals surface area contributed by atoms with Gasteiger partial charge in [0.25, 0.3) is 0 Å². The summed E-state index contributed by atoms with van der Waals surface area (Å²) in [7, 11) is 0. The molecule has 0 bridgehead atoms. The summed E-state index contributed by atoms with van der Waals surface area (Å²) in [6, 6.07) is -0.279. The lowest BCUT2D eigenvalue weighted by atomic mass is 9.88. The summed E-state index contributed by atoms with van der Waals surface area (Å²) in [6.45, 7) is 3.80. The molecule has 1 aliphatic carbocycles. The molecule has 0 spiro atoms. The van der Waals surface area contributed by atoms with E-state index in [1.54, 1.807) is 0 Å². The Morgan fingerprint density at radius 3 is 2.62 bits per heavy atom. The van der Waals surface area contributed by atoms with Crippen LogP contribution >= 0.6 is 0 Å². The molecule has 0 heterocycles. The topological polar surface area (TPSA) is 58.9 Å². The van der Waals surface area contributed by atoms with E-state index in [4.69, 9.17) is 0 Å². The van der Waals surface area contributed by atoms with Crippen LogP contribution in [0.4, 0.5) is 0 Å². The van der Waals surface area contributed by atoms with Gasteiger partial charge in [-0.3, -0.25) is 0 Å². The molecule has 0 aromatic rings. The monoisotopic (exact) mass is 178 g/mol. The van der Waals surface area contributed by atoms with Gasteiger partial charge in [-0.25, -0.2) is 14.6 Å². The third-order valence-corrected chi connectivity index (χ3v) is 2.21. The average molecular weight is 178 g/mol. The van der Waals surface area contributed by atoms with Gasteiger partial charge in [-0.05, 0) is 19.3 Å². The summed E-state index contributed by atoms with van der Waals surface area (Å²) in [6.07, 6.45) is 5.14. The van der Waals surface area contributed by atoms with Crippen LogP contribution < -0.4 is 0 Å². The Morgan fingerprint density at radius 1 is 1.31 bits per heavy atom. The molecule has 2 unspecified atom stereocenters. The van der Waals surface area contributed by atoms with Crippen molar-refractivity contribution in [2.45, 2.75) is 31.3 Å². The zero-order valence-corrected chi connectivity index (χ0v) is 7.19. The van der Waals surface area contributed by atoms with Crippen molar-refractivity contribution in [1.82, 2.24) is 0 Å². The Morgan fingerprint density at radius 2 is 2.00 bits per heavy atom. The van der Waals surface area contributed by atoms with Crippen molar-refractivity contribution in [3.8, 4) is 0 Å². The van der Waals surface area contributed by atoms with Crippen LogP contribution in [0.2, 0.25) is 0 Å². The van der Waals surface area contributed by atoms with Crippen molar-refractivity contribution >= 4 is 12.2 Å². The fourth-order valence-electron chi connectivity index (χ4n) is 1.46. The van der Waals surface area contributed by atoms with Crippen LogP contribution in [-0.4, -0.2) is 24.2 Å². The van der Waals surface area contributed by atoms with Crippen LogP contribution in [0.3, 0.4) is 0 Å². The zero-order chi connectivity index (χ0) is 9.68. The minimum absolute atomic E-state index is 0.0647. The van der Waals surface area contributed by atoms with Crippen LogP contribution in [0.1, 0.15) is 19.3 Å². The largest absolute Gasteiger partial charge is 0.235 e. The third kappa shape index (κ3) is 2.48. The van der Waals surface area contributed by atoms with Crippen molar-refractivity contribution in [2.24, 2.45) is 9.98 Å². The molecule has 0 amide bonds. The molecule has 1 saturated carbocycles. The number of hydrogen-bond donors (Lipinski definition) is 0. The second-order valence-corrected chi connectivity index (χ2v) is 3.04. The molecule has 0 aliphatic heterocycles. The fraction of sp³-hybridized carbons (Fsp3) is 0.556. The molecule has 1 rings (SSSR count). The minimum atomic E-state index is -0.214. The van der Waals surface area contributed by atoms with Gasteiger partial charge in [-0.1, -0.05) is 12.2 Å². The highest BCUT2D eigenvalue weighted by atomic mass is 16.1. The maximum absolute atomic E-state index is 10.0. The standard InChI is InChI=1S/C9H10N2O2/c1-7-2-3-8(10-5-12)4-9(7)11-6-13/h8-9H,1-4H2. The van der Waals surface area contributed by atoms with Gasteiger partial charge in [0, 0.05) is 0 Å². The third-order valence-electron chi connectivity index (χ3n) is 2.21. The summed E-state index contributed by atoms with van der Waals surface area (Å²) < 4.78 is 0. The lowest BCUT2D eigenvalue weighted by Gasteiger charge is -2.23. The molecular formula is C9H10N2O2. The lowest BCUT2D eigenvalue weighted by Crippen LogP contribution is -2.22. The highest BCUT2D eigenvalue weighted by molar-refractivity contribution is 5.36. The van der Waals surface area contributed by atoms with Gasteiger partial charge in [-0.2, -0.15) is 4.99 Å². The van der Waals surface area contributed by atoms with Gasteiger partial charge >= 0.3 is 0 Å². The molecule has 0 N–H and O–H groups in total. The van der Waals surface area contributed by atoms with Gasteiger partial charge in [0.05, 0.1) is 12.1 Å². The van der Waals surface area contributed by atoms with Crippen molar-refractivity contribution in [3.63, 3.8) is 0 Å². The lowest BCUT2D eigenvalue weighted by molar-refractivity contribution is 0.463. The second-order valence-electron chi connectivity index (χ2n) is 3.04. The predicted molar refractivity (Wildman–Crippen MR) is 46.8 cm³/mol. The van der Waals surface area contributed by atoms with Crippen molar-refractivity contribution in [1.29, 1.82) is 0 Å². The van der Waals surface area contributed by atoms with E-state index >= 15 is 0 Å². The zero-order valence-electron chi connectivity index (χ0n) is 7.19. The first-order chi connectivity index (χ1) is 6.27. The van der Waals surface area contributed by atoms with Crippen LogP contribution in [0.5, 0.6) is 0 Å². The molecule has 4 nitrogen and oxygen atoms in total. The van der Waals surface area contributed by atoms with E-state index in [0.717, 1.165) is 18.4 Å². The van der Waals surface area contributed by atoms with Crippen LogP contribution in [0.25, 0.3) is 0 Å². The summed E-state index contributed by atoms with van der Waals surface area (Å²) in [4.78, 5) is 27.3. The van der Waals surface area contributed by atoms with E-state index in [-0.39, 0.29) is 12.1 Å².